The molecule has 3 rings (SSSR count). The summed E-state index contributed by atoms with van der Waals surface area (Å²) in [7, 11) is 0. The van der Waals surface area contributed by atoms with E-state index < -0.39 is 23.6 Å². The summed E-state index contributed by atoms with van der Waals surface area (Å²) >= 11 is 4.09. The number of nitrogens with one attached hydrogen (secondary N) is 2. The highest BCUT2D eigenvalue weighted by Gasteiger charge is 2.27. The van der Waals surface area contributed by atoms with E-state index in [0.717, 1.165) is 16.9 Å². The molecule has 0 aromatic heterocycles. The molecule has 3 aromatic rings. The van der Waals surface area contributed by atoms with Gasteiger partial charge in [0.25, 0.3) is 5.91 Å². The van der Waals surface area contributed by atoms with Gasteiger partial charge in [-0.15, -0.1) is 0 Å². The van der Waals surface area contributed by atoms with Gasteiger partial charge >= 0.3 is 6.09 Å². The van der Waals surface area contributed by atoms with Crippen molar-refractivity contribution in [1.29, 1.82) is 0 Å². The summed E-state index contributed by atoms with van der Waals surface area (Å²) < 4.78 is 6.74. The highest BCUT2D eigenvalue weighted by molar-refractivity contribution is 14.1. The first-order valence-corrected chi connectivity index (χ1v) is 13.1. The number of benzene rings is 3. The van der Waals surface area contributed by atoms with E-state index in [0.29, 0.717) is 7.14 Å². The average Bonchev–Trinajstić information content (AvgIpc) is 2.80. The number of hydrogen-bond acceptors (Lipinski definition) is 5. The van der Waals surface area contributed by atoms with Gasteiger partial charge in [-0.2, -0.15) is 0 Å². The van der Waals surface area contributed by atoms with Gasteiger partial charge in [0.05, 0.1) is 18.5 Å². The number of carbonyl (C=O) groups is 2. The van der Waals surface area contributed by atoms with Gasteiger partial charge in [-0.1, -0.05) is 36.4 Å². The summed E-state index contributed by atoms with van der Waals surface area (Å²) in [4.78, 5) is 26.2. The molecule has 2 amide bonds. The second kappa shape index (κ2) is 11.9. The van der Waals surface area contributed by atoms with Crippen LogP contribution < -0.4 is 15.8 Å². The Morgan fingerprint density at radius 3 is 1.89 bits per heavy atom. The van der Waals surface area contributed by atoms with Crippen LogP contribution in [0.3, 0.4) is 0 Å². The van der Waals surface area contributed by atoms with E-state index in [9.17, 15) is 14.7 Å². The minimum absolute atomic E-state index is 0.190. The second-order valence-corrected chi connectivity index (χ2v) is 11.1. The minimum atomic E-state index is -0.934. The van der Waals surface area contributed by atoms with E-state index in [1.807, 2.05) is 106 Å². The van der Waals surface area contributed by atoms with Crippen LogP contribution in [0.5, 0.6) is 5.75 Å². The van der Waals surface area contributed by atoms with Crippen LogP contribution in [0.25, 0.3) is 0 Å². The van der Waals surface area contributed by atoms with Crippen LogP contribution in [0.2, 0.25) is 0 Å². The Morgan fingerprint density at radius 1 is 0.943 bits per heavy atom. The van der Waals surface area contributed by atoms with Gasteiger partial charge in [0, 0.05) is 6.42 Å². The topological polar surface area (TPSA) is 90.9 Å². The summed E-state index contributed by atoms with van der Waals surface area (Å²) in [6.07, 6.45) is -0.485. The maximum Gasteiger partial charge on any atom is 0.408 e. The fourth-order valence-corrected chi connectivity index (χ4v) is 5.15. The average molecular weight is 699 g/mol. The molecule has 7 nitrogen and oxygen atoms in total. The fraction of sp³-hybridized carbons (Fsp3) is 0.231. The largest absolute Gasteiger partial charge is 0.506 e. The number of phenols is 1. The van der Waals surface area contributed by atoms with Gasteiger partial charge in [-0.25, -0.2) is 4.79 Å². The number of nitrogens with zero attached hydrogens (tertiary/aromatic N) is 1. The molecule has 35 heavy (non-hydrogen) atoms. The van der Waals surface area contributed by atoms with Gasteiger partial charge in [-0.05, 0) is 108 Å². The van der Waals surface area contributed by atoms with Crippen LogP contribution >= 0.6 is 45.2 Å². The van der Waals surface area contributed by atoms with Crippen molar-refractivity contribution in [1.82, 2.24) is 10.7 Å². The standard InChI is InChI=1S/C26H27I2N3O4/c1-26(2,3)35-25(34)29-22(16-17-14-20(27)23(32)21(28)15-17)24(33)30-31(18-10-6-4-7-11-18)19-12-8-5-9-13-19/h4-15,22,32H,16H2,1-3H3,(H,29,34)(H,30,33)/t22-/m1/s1. The van der Waals surface area contributed by atoms with Crippen LogP contribution in [-0.2, 0) is 16.0 Å². The molecule has 0 aliphatic carbocycles. The Kier molecular flexibility index (Phi) is 9.22. The number of ether oxygens (including phenoxy) is 1. The van der Waals surface area contributed by atoms with E-state index in [1.165, 1.54) is 0 Å². The summed E-state index contributed by atoms with van der Waals surface area (Å²) in [6.45, 7) is 5.29. The van der Waals surface area contributed by atoms with Gasteiger partial charge < -0.3 is 15.2 Å². The van der Waals surface area contributed by atoms with Crippen LogP contribution in [-0.4, -0.2) is 28.7 Å². The first-order valence-electron chi connectivity index (χ1n) is 10.9. The summed E-state index contributed by atoms with van der Waals surface area (Å²) in [5, 5.41) is 14.5. The predicted molar refractivity (Wildman–Crippen MR) is 154 cm³/mol. The highest BCUT2D eigenvalue weighted by Crippen LogP contribution is 2.28. The van der Waals surface area contributed by atoms with Crippen molar-refractivity contribution in [3.8, 4) is 5.75 Å². The molecule has 184 valence electrons. The number of para-hydroxylation sites is 2. The quantitative estimate of drug-likeness (QED) is 0.211. The summed E-state index contributed by atoms with van der Waals surface area (Å²) in [6, 6.07) is 21.5. The lowest BCUT2D eigenvalue weighted by molar-refractivity contribution is -0.123. The Balaban J connectivity index is 1.91. The zero-order valence-electron chi connectivity index (χ0n) is 19.6. The maximum absolute atomic E-state index is 13.6. The van der Waals surface area contributed by atoms with E-state index in [2.05, 4.69) is 10.7 Å². The molecule has 0 aliphatic rings. The molecule has 0 spiro atoms. The number of rotatable bonds is 7. The van der Waals surface area contributed by atoms with Crippen LogP contribution in [0, 0.1) is 7.14 Å². The van der Waals surface area contributed by atoms with Crippen molar-refractivity contribution in [3.05, 3.63) is 85.5 Å². The number of hydrazine groups is 1. The molecule has 3 N–H and O–H groups in total. The van der Waals surface area contributed by atoms with E-state index in [-0.39, 0.29) is 12.2 Å². The number of phenolic OH excluding ortho intramolecular Hbond substituents is 1. The number of hydrogen-bond donors (Lipinski definition) is 3. The SMILES string of the molecule is CC(C)(C)OC(=O)N[C@H](Cc1cc(I)c(O)c(I)c1)C(=O)NN(c1ccccc1)c1ccccc1. The van der Waals surface area contributed by atoms with Gasteiger partial charge in [0.2, 0.25) is 0 Å². The zero-order valence-corrected chi connectivity index (χ0v) is 23.9. The van der Waals surface area contributed by atoms with Crippen molar-refractivity contribution in [2.24, 2.45) is 0 Å². The second-order valence-electron chi connectivity index (χ2n) is 8.79. The van der Waals surface area contributed by atoms with Gasteiger partial charge in [0.1, 0.15) is 17.4 Å². The third-order valence-corrected chi connectivity index (χ3v) is 6.42. The molecule has 0 heterocycles. The molecule has 0 bridgehead atoms. The van der Waals surface area contributed by atoms with Gasteiger partial charge in [0.15, 0.2) is 0 Å². The predicted octanol–water partition coefficient (Wildman–Crippen LogP) is 5.91. The third kappa shape index (κ3) is 7.99. The number of carbonyl (C=O) groups excluding carboxylic acids is 2. The minimum Gasteiger partial charge on any atom is -0.506 e. The molecule has 9 heteroatoms. The molecule has 0 radical (unpaired) electrons. The van der Waals surface area contributed by atoms with Crippen molar-refractivity contribution < 1.29 is 19.4 Å². The molecule has 0 unspecified atom stereocenters. The number of anilines is 2. The summed E-state index contributed by atoms with van der Waals surface area (Å²) in [5.74, 6) is -0.225. The Labute approximate surface area is 232 Å². The lowest BCUT2D eigenvalue weighted by Crippen LogP contribution is -2.53. The Morgan fingerprint density at radius 2 is 1.43 bits per heavy atom. The molecule has 0 saturated heterocycles. The van der Waals surface area contributed by atoms with E-state index in [1.54, 1.807) is 37.9 Å². The molecule has 0 aliphatic heterocycles. The fourth-order valence-electron chi connectivity index (χ4n) is 3.25. The number of amides is 2. The smallest absolute Gasteiger partial charge is 0.408 e. The molecule has 3 aromatic carbocycles. The van der Waals surface area contributed by atoms with E-state index >= 15 is 0 Å². The summed E-state index contributed by atoms with van der Waals surface area (Å²) in [5.41, 5.74) is 4.55. The first kappa shape index (κ1) is 27.1. The first-order chi connectivity index (χ1) is 16.5. The number of alkyl carbamates (subject to hydrolysis) is 1. The van der Waals surface area contributed by atoms with Crippen LogP contribution in [0.1, 0.15) is 26.3 Å². The van der Waals surface area contributed by atoms with Crippen LogP contribution in [0.15, 0.2) is 72.8 Å². The Bertz CT molecular complexity index is 1110. The normalized spacial score (nSPS) is 11.9. The monoisotopic (exact) mass is 699 g/mol. The lowest BCUT2D eigenvalue weighted by Gasteiger charge is -2.29. The van der Waals surface area contributed by atoms with E-state index in [4.69, 9.17) is 4.74 Å². The van der Waals surface area contributed by atoms with Crippen molar-refractivity contribution in [2.45, 2.75) is 38.8 Å². The zero-order chi connectivity index (χ0) is 25.6. The molecular formula is C26H27I2N3O4. The van der Waals surface area contributed by atoms with Crippen molar-refractivity contribution in [2.75, 3.05) is 5.01 Å². The van der Waals surface area contributed by atoms with Gasteiger partial charge in [-0.3, -0.25) is 15.2 Å². The maximum atomic E-state index is 13.6. The molecular weight excluding hydrogens is 672 g/mol. The van der Waals surface area contributed by atoms with Crippen molar-refractivity contribution in [3.63, 3.8) is 0 Å². The number of halogens is 2. The lowest BCUT2D eigenvalue weighted by atomic mass is 10.1. The molecule has 0 saturated carbocycles. The highest BCUT2D eigenvalue weighted by atomic mass is 127. The molecule has 1 atom stereocenters. The molecule has 0 fully saturated rings. The van der Waals surface area contributed by atoms with Crippen LogP contribution in [0.4, 0.5) is 16.2 Å². The Hall–Kier alpha value is -2.54. The number of aromatic hydroxyl groups is 1. The third-order valence-electron chi connectivity index (χ3n) is 4.77. The van der Waals surface area contributed by atoms with Crippen molar-refractivity contribution >= 4 is 68.6 Å².